The zero-order valence-corrected chi connectivity index (χ0v) is 13.7. The lowest BCUT2D eigenvalue weighted by molar-refractivity contribution is 0.0728. The monoisotopic (exact) mass is 312 g/mol. The van der Waals surface area contributed by atoms with Gasteiger partial charge in [0.15, 0.2) is 0 Å². The molecule has 2 N–H and O–H groups in total. The number of aromatic nitrogens is 2. The normalized spacial score (nSPS) is 22.0. The molecule has 1 fully saturated rings. The number of aliphatic hydroxyl groups excluding tert-OH is 1. The largest absolute Gasteiger partial charge is 0.394 e. The summed E-state index contributed by atoms with van der Waals surface area (Å²) in [5.41, 5.74) is -0.434. The van der Waals surface area contributed by atoms with Gasteiger partial charge in [-0.2, -0.15) is 0 Å². The molecule has 2 amide bonds. The highest BCUT2D eigenvalue weighted by Crippen LogP contribution is 2.35. The van der Waals surface area contributed by atoms with Crippen LogP contribution in [0, 0.1) is 5.92 Å². The van der Waals surface area contributed by atoms with Crippen molar-refractivity contribution < 1.29 is 9.90 Å². The van der Waals surface area contributed by atoms with Crippen LogP contribution in [0.2, 0.25) is 0 Å². The van der Waals surface area contributed by atoms with Crippen molar-refractivity contribution in [3.63, 3.8) is 0 Å². The quantitative estimate of drug-likeness (QED) is 0.875. The van der Waals surface area contributed by atoms with Crippen LogP contribution in [-0.4, -0.2) is 44.9 Å². The standard InChI is InChI=1S/C14H24N4O2S/c1-4-11-16-17-12(21-11)15-13(20)18-7-5-6-14(18,9-19)8-10(2)3/h10,19H,4-9H2,1-3H3,(H,15,17,20). The number of carbonyl (C=O) groups is 1. The van der Waals surface area contributed by atoms with Crippen LogP contribution in [0.1, 0.15) is 45.0 Å². The van der Waals surface area contributed by atoms with Crippen molar-refractivity contribution >= 4 is 22.5 Å². The van der Waals surface area contributed by atoms with Gasteiger partial charge in [-0.3, -0.25) is 5.32 Å². The molecule has 0 radical (unpaired) electrons. The molecule has 2 heterocycles. The fourth-order valence-corrected chi connectivity index (χ4v) is 3.73. The number of aryl methyl sites for hydroxylation is 1. The van der Waals surface area contributed by atoms with Gasteiger partial charge in [0.05, 0.1) is 12.1 Å². The lowest BCUT2D eigenvalue weighted by Gasteiger charge is -2.38. The summed E-state index contributed by atoms with van der Waals surface area (Å²) in [5.74, 6) is 0.429. The number of anilines is 1. The van der Waals surface area contributed by atoms with E-state index < -0.39 is 5.54 Å². The Kier molecular flexibility index (Phi) is 5.16. The lowest BCUT2D eigenvalue weighted by atomic mass is 9.87. The predicted molar refractivity (Wildman–Crippen MR) is 83.5 cm³/mol. The second-order valence-corrected chi connectivity index (χ2v) is 7.08. The predicted octanol–water partition coefficient (Wildman–Crippen LogP) is 2.51. The van der Waals surface area contributed by atoms with Gasteiger partial charge < -0.3 is 10.0 Å². The number of likely N-dealkylation sites (tertiary alicyclic amines) is 1. The van der Waals surface area contributed by atoms with Crippen molar-refractivity contribution in [1.82, 2.24) is 15.1 Å². The van der Waals surface area contributed by atoms with Gasteiger partial charge in [-0.05, 0) is 31.6 Å². The van der Waals surface area contributed by atoms with Gasteiger partial charge >= 0.3 is 6.03 Å². The molecular formula is C14H24N4O2S. The van der Waals surface area contributed by atoms with Crippen molar-refractivity contribution in [1.29, 1.82) is 0 Å². The van der Waals surface area contributed by atoms with Crippen molar-refractivity contribution in [2.45, 2.75) is 52.0 Å². The molecule has 0 saturated carbocycles. The molecule has 0 bridgehead atoms. The first-order valence-electron chi connectivity index (χ1n) is 7.52. The van der Waals surface area contributed by atoms with Crippen molar-refractivity contribution in [3.8, 4) is 0 Å². The Morgan fingerprint density at radius 1 is 1.52 bits per heavy atom. The van der Waals surface area contributed by atoms with Crippen LogP contribution in [0.3, 0.4) is 0 Å². The summed E-state index contributed by atoms with van der Waals surface area (Å²) in [6, 6.07) is -0.180. The number of hydrogen-bond donors (Lipinski definition) is 2. The molecule has 1 atom stereocenters. The molecule has 6 nitrogen and oxygen atoms in total. The van der Waals surface area contributed by atoms with Gasteiger partial charge in [0, 0.05) is 6.54 Å². The van der Waals surface area contributed by atoms with E-state index in [0.29, 0.717) is 17.6 Å². The number of aliphatic hydroxyl groups is 1. The first-order valence-corrected chi connectivity index (χ1v) is 8.34. The summed E-state index contributed by atoms with van der Waals surface area (Å²) in [5, 5.41) is 22.1. The molecule has 7 heteroatoms. The number of nitrogens with zero attached hydrogens (tertiary/aromatic N) is 3. The first kappa shape index (κ1) is 16.2. The highest BCUT2D eigenvalue weighted by atomic mass is 32.1. The van der Waals surface area contributed by atoms with Crippen LogP contribution in [0.4, 0.5) is 9.93 Å². The van der Waals surface area contributed by atoms with E-state index in [1.165, 1.54) is 11.3 Å². The molecule has 21 heavy (non-hydrogen) atoms. The number of carbonyl (C=O) groups excluding carboxylic acids is 1. The molecule has 1 aromatic heterocycles. The summed E-state index contributed by atoms with van der Waals surface area (Å²) in [7, 11) is 0. The van der Waals surface area contributed by atoms with Crippen LogP contribution in [-0.2, 0) is 6.42 Å². The van der Waals surface area contributed by atoms with E-state index >= 15 is 0 Å². The van der Waals surface area contributed by atoms with Gasteiger partial charge in [-0.1, -0.05) is 32.1 Å². The summed E-state index contributed by atoms with van der Waals surface area (Å²) in [6.45, 7) is 6.92. The average Bonchev–Trinajstić information content (AvgIpc) is 3.05. The Labute approximate surface area is 129 Å². The molecule has 0 aromatic carbocycles. The van der Waals surface area contributed by atoms with Gasteiger partial charge in [0.2, 0.25) is 5.13 Å². The van der Waals surface area contributed by atoms with Crippen molar-refractivity contribution in [2.24, 2.45) is 5.92 Å². The number of hydrogen-bond acceptors (Lipinski definition) is 5. The molecule has 2 rings (SSSR count). The maximum absolute atomic E-state index is 12.5. The van der Waals surface area contributed by atoms with E-state index in [1.54, 1.807) is 4.90 Å². The molecule has 1 unspecified atom stereocenters. The molecule has 118 valence electrons. The Morgan fingerprint density at radius 2 is 2.29 bits per heavy atom. The van der Waals surface area contributed by atoms with Gasteiger partial charge in [0.1, 0.15) is 5.01 Å². The van der Waals surface area contributed by atoms with Gasteiger partial charge in [0.25, 0.3) is 0 Å². The topological polar surface area (TPSA) is 78.4 Å². The summed E-state index contributed by atoms with van der Waals surface area (Å²) in [6.07, 6.45) is 3.40. The van der Waals surface area contributed by atoms with Gasteiger partial charge in [-0.15, -0.1) is 10.2 Å². The highest BCUT2D eigenvalue weighted by Gasteiger charge is 2.43. The zero-order chi connectivity index (χ0) is 15.5. The number of urea groups is 1. The second kappa shape index (κ2) is 6.70. The molecule has 1 aliphatic rings. The molecular weight excluding hydrogens is 288 g/mol. The Bertz CT molecular complexity index is 491. The Hall–Kier alpha value is -1.21. The average molecular weight is 312 g/mol. The minimum Gasteiger partial charge on any atom is -0.394 e. The maximum Gasteiger partial charge on any atom is 0.324 e. The Balaban J connectivity index is 2.09. The molecule has 0 aliphatic carbocycles. The minimum atomic E-state index is -0.434. The fraction of sp³-hybridized carbons (Fsp3) is 0.786. The molecule has 0 spiro atoms. The second-order valence-electron chi connectivity index (χ2n) is 6.02. The number of rotatable bonds is 5. The summed E-state index contributed by atoms with van der Waals surface area (Å²) < 4.78 is 0. The fourth-order valence-electron chi connectivity index (χ4n) is 3.06. The smallest absolute Gasteiger partial charge is 0.324 e. The summed E-state index contributed by atoms with van der Waals surface area (Å²) in [4.78, 5) is 14.3. The van der Waals surface area contributed by atoms with E-state index in [9.17, 15) is 9.90 Å². The SMILES string of the molecule is CCc1nnc(NC(=O)N2CCCC2(CO)CC(C)C)s1. The van der Waals surface area contributed by atoms with Crippen LogP contribution >= 0.6 is 11.3 Å². The maximum atomic E-state index is 12.5. The van der Waals surface area contributed by atoms with E-state index in [0.717, 1.165) is 30.7 Å². The zero-order valence-electron chi connectivity index (χ0n) is 12.9. The van der Waals surface area contributed by atoms with Crippen LogP contribution < -0.4 is 5.32 Å². The molecule has 1 saturated heterocycles. The van der Waals surface area contributed by atoms with Crippen molar-refractivity contribution in [3.05, 3.63) is 5.01 Å². The highest BCUT2D eigenvalue weighted by molar-refractivity contribution is 7.15. The van der Waals surface area contributed by atoms with E-state index in [2.05, 4.69) is 29.4 Å². The van der Waals surface area contributed by atoms with Crippen LogP contribution in [0.15, 0.2) is 0 Å². The lowest BCUT2D eigenvalue weighted by Crippen LogP contribution is -2.52. The van der Waals surface area contributed by atoms with E-state index in [-0.39, 0.29) is 12.6 Å². The van der Waals surface area contributed by atoms with E-state index in [4.69, 9.17) is 0 Å². The van der Waals surface area contributed by atoms with E-state index in [1.807, 2.05) is 6.92 Å². The van der Waals surface area contributed by atoms with Crippen LogP contribution in [0.25, 0.3) is 0 Å². The van der Waals surface area contributed by atoms with Crippen LogP contribution in [0.5, 0.6) is 0 Å². The molecule has 1 aliphatic heterocycles. The Morgan fingerprint density at radius 3 is 2.86 bits per heavy atom. The number of nitrogens with one attached hydrogen (secondary N) is 1. The molecule has 1 aromatic rings. The number of amides is 2. The van der Waals surface area contributed by atoms with Crippen molar-refractivity contribution in [2.75, 3.05) is 18.5 Å². The first-order chi connectivity index (χ1) is 10.0. The third-order valence-corrected chi connectivity index (χ3v) is 4.89. The van der Waals surface area contributed by atoms with Gasteiger partial charge in [-0.25, -0.2) is 4.79 Å². The summed E-state index contributed by atoms with van der Waals surface area (Å²) >= 11 is 1.40. The third-order valence-electron chi connectivity index (χ3n) is 3.91. The minimum absolute atomic E-state index is 0.00886. The third kappa shape index (κ3) is 3.52.